The largest absolute Gasteiger partial charge is 0.350 e. The summed E-state index contributed by atoms with van der Waals surface area (Å²) in [6, 6.07) is 66.1. The number of anilines is 3. The van der Waals surface area contributed by atoms with E-state index in [2.05, 4.69) is 248 Å². The lowest BCUT2D eigenvalue weighted by atomic mass is 9.72. The van der Waals surface area contributed by atoms with Crippen molar-refractivity contribution in [2.24, 2.45) is 10.4 Å². The minimum Gasteiger partial charge on any atom is -0.350 e. The minimum atomic E-state index is -0.423. The zero-order valence-corrected chi connectivity index (χ0v) is 41.9. The van der Waals surface area contributed by atoms with Gasteiger partial charge in [-0.25, -0.2) is 9.98 Å². The van der Waals surface area contributed by atoms with Gasteiger partial charge in [-0.1, -0.05) is 169 Å². The Morgan fingerprint density at radius 3 is 2.16 bits per heavy atom. The molecular formula is C67H55N7. The topological polar surface area (TPSA) is 59.9 Å². The fraction of sp³-hybridized carbons (Fsp3) is 0.119. The standard InChI is InChI=1S/C67H55N7/c1-6-46(50-41-51(47-24-11-8-12-25-47)43-52(42-50)66-71-64(48-26-13-9-14-27-48)70-65(72(66)5)49-28-15-10-16-29-49)44-53(7-2)73-58-33-18-17-30-54(58)63-62(55-40-45(3)36-37-59(55)73)67(4)38-21-19-34-60(67)74(63)61-35-23-32-57(69-61)56-31-20-22-39-68-56/h1,7-44,60,65-66H,2-5H3,(H,70,71)/b46-44+,53-7+. The number of pyridine rings is 2. The molecule has 4 aliphatic rings. The highest BCUT2D eigenvalue weighted by molar-refractivity contribution is 6.11. The van der Waals surface area contributed by atoms with Crippen molar-refractivity contribution in [2.75, 3.05) is 16.8 Å². The van der Waals surface area contributed by atoms with Gasteiger partial charge in [0.15, 0.2) is 0 Å². The summed E-state index contributed by atoms with van der Waals surface area (Å²) in [4.78, 5) is 22.6. The molecule has 7 nitrogen and oxygen atoms in total. The number of para-hydroxylation sites is 1. The van der Waals surface area contributed by atoms with Crippen molar-refractivity contribution in [1.29, 1.82) is 0 Å². The van der Waals surface area contributed by atoms with E-state index < -0.39 is 5.41 Å². The number of benzene rings is 6. The van der Waals surface area contributed by atoms with Crippen LogP contribution in [0.25, 0.3) is 39.4 Å². The number of rotatable bonds is 9. The molecule has 0 fully saturated rings. The fourth-order valence-corrected chi connectivity index (χ4v) is 11.3. The molecule has 0 radical (unpaired) electrons. The maximum absolute atomic E-state index is 6.77. The molecule has 6 aromatic carbocycles. The summed E-state index contributed by atoms with van der Waals surface area (Å²) in [6.45, 7) is 6.66. The molecule has 0 spiro atoms. The van der Waals surface area contributed by atoms with Crippen LogP contribution in [0.2, 0.25) is 0 Å². The number of nitrogens with zero attached hydrogens (tertiary/aromatic N) is 6. The highest BCUT2D eigenvalue weighted by Crippen LogP contribution is 2.61. The Labute approximate surface area is 434 Å². The van der Waals surface area contributed by atoms with Crippen LogP contribution in [0.5, 0.6) is 0 Å². The van der Waals surface area contributed by atoms with Crippen molar-refractivity contribution in [3.05, 3.63) is 275 Å². The highest BCUT2D eigenvalue weighted by Gasteiger charge is 2.52. The van der Waals surface area contributed by atoms with Crippen molar-refractivity contribution in [3.63, 3.8) is 0 Å². The molecule has 5 heterocycles. The van der Waals surface area contributed by atoms with E-state index in [1.165, 1.54) is 11.1 Å². The summed E-state index contributed by atoms with van der Waals surface area (Å²) in [5, 5.41) is 3.86. The second-order valence-corrected chi connectivity index (χ2v) is 19.5. The molecule has 0 amide bonds. The Balaban J connectivity index is 1.02. The molecular weight excluding hydrogens is 903 g/mol. The van der Waals surface area contributed by atoms with Crippen molar-refractivity contribution < 1.29 is 0 Å². The molecule has 4 atom stereocenters. The van der Waals surface area contributed by atoms with E-state index in [0.29, 0.717) is 0 Å². The first-order chi connectivity index (χ1) is 36.3. The van der Waals surface area contributed by atoms with E-state index in [-0.39, 0.29) is 18.4 Å². The van der Waals surface area contributed by atoms with Gasteiger partial charge in [0, 0.05) is 39.6 Å². The average molecular weight is 958 g/mol. The molecule has 1 N–H and O–H groups in total. The Hall–Kier alpha value is -9.09. The molecule has 4 unspecified atom stereocenters. The second kappa shape index (κ2) is 19.2. The molecule has 358 valence electrons. The first kappa shape index (κ1) is 46.0. The van der Waals surface area contributed by atoms with Crippen molar-refractivity contribution in [2.45, 2.75) is 39.1 Å². The van der Waals surface area contributed by atoms with Crippen LogP contribution >= 0.6 is 0 Å². The number of fused-ring (bicyclic) bond motifs is 6. The predicted molar refractivity (Wildman–Crippen MR) is 305 cm³/mol. The zero-order chi connectivity index (χ0) is 50.3. The van der Waals surface area contributed by atoms with E-state index in [1.54, 1.807) is 0 Å². The number of nitrogens with one attached hydrogen (secondary N) is 1. The van der Waals surface area contributed by atoms with Crippen LogP contribution in [0.15, 0.2) is 241 Å². The number of terminal acetylenes is 1. The van der Waals surface area contributed by atoms with Crippen molar-refractivity contribution in [3.8, 4) is 34.9 Å². The molecule has 0 saturated carbocycles. The maximum atomic E-state index is 6.77. The number of allylic oxidation sites excluding steroid dienone is 5. The number of hydrogen-bond acceptors (Lipinski definition) is 7. The van der Waals surface area contributed by atoms with Crippen LogP contribution < -0.4 is 15.1 Å². The molecule has 7 heteroatoms. The lowest BCUT2D eigenvalue weighted by Crippen LogP contribution is -2.46. The number of amidine groups is 1. The van der Waals surface area contributed by atoms with Gasteiger partial charge in [0.25, 0.3) is 0 Å². The summed E-state index contributed by atoms with van der Waals surface area (Å²) < 4.78 is 0. The van der Waals surface area contributed by atoms with Gasteiger partial charge in [0.05, 0.1) is 34.5 Å². The van der Waals surface area contributed by atoms with Crippen LogP contribution in [-0.2, 0) is 0 Å². The third-order valence-electron chi connectivity index (χ3n) is 14.9. The van der Waals surface area contributed by atoms with Gasteiger partial charge in [-0.3, -0.25) is 9.88 Å². The van der Waals surface area contributed by atoms with Gasteiger partial charge < -0.3 is 15.1 Å². The van der Waals surface area contributed by atoms with Gasteiger partial charge in [-0.15, -0.1) is 6.42 Å². The van der Waals surface area contributed by atoms with Crippen LogP contribution in [0.4, 0.5) is 17.2 Å². The first-order valence-corrected chi connectivity index (χ1v) is 25.3. The van der Waals surface area contributed by atoms with E-state index in [1.807, 2.05) is 36.5 Å². The quantitative estimate of drug-likeness (QED) is 0.115. The Morgan fingerprint density at radius 1 is 0.689 bits per heavy atom. The van der Waals surface area contributed by atoms with Gasteiger partial charge in [-0.05, 0) is 128 Å². The van der Waals surface area contributed by atoms with Gasteiger partial charge in [0.2, 0.25) is 0 Å². The second-order valence-electron chi connectivity index (χ2n) is 19.5. The van der Waals surface area contributed by atoms with Gasteiger partial charge in [0.1, 0.15) is 24.0 Å². The summed E-state index contributed by atoms with van der Waals surface area (Å²) in [5.74, 6) is 4.90. The normalized spacial score (nSPS) is 20.1. The molecule has 2 aromatic heterocycles. The Kier molecular flexibility index (Phi) is 11.9. The highest BCUT2D eigenvalue weighted by atomic mass is 15.4. The van der Waals surface area contributed by atoms with E-state index in [9.17, 15) is 0 Å². The van der Waals surface area contributed by atoms with E-state index in [0.717, 1.165) is 95.9 Å². The predicted octanol–water partition coefficient (Wildman–Crippen LogP) is 14.8. The zero-order valence-electron chi connectivity index (χ0n) is 41.9. The minimum absolute atomic E-state index is 0.0483. The molecule has 3 aliphatic heterocycles. The Bertz CT molecular complexity index is 3680. The smallest absolute Gasteiger partial charge is 0.134 e. The van der Waals surface area contributed by atoms with Gasteiger partial charge in [-0.2, -0.15) is 0 Å². The monoisotopic (exact) mass is 957 g/mol. The van der Waals surface area contributed by atoms with Crippen LogP contribution in [0.1, 0.15) is 65.1 Å². The summed E-state index contributed by atoms with van der Waals surface area (Å²) >= 11 is 0. The molecule has 0 bridgehead atoms. The summed E-state index contributed by atoms with van der Waals surface area (Å²) in [7, 11) is 2.14. The van der Waals surface area contributed by atoms with Crippen LogP contribution in [0.3, 0.4) is 0 Å². The molecule has 74 heavy (non-hydrogen) atoms. The third-order valence-corrected chi connectivity index (χ3v) is 14.9. The van der Waals surface area contributed by atoms with Crippen molar-refractivity contribution in [1.82, 2.24) is 20.2 Å². The first-order valence-electron chi connectivity index (χ1n) is 25.3. The van der Waals surface area contributed by atoms with Gasteiger partial charge >= 0.3 is 0 Å². The summed E-state index contributed by atoms with van der Waals surface area (Å²) in [6.07, 6.45) is 21.5. The number of aryl methyl sites for hydroxylation is 1. The van der Waals surface area contributed by atoms with Crippen molar-refractivity contribution >= 4 is 39.9 Å². The maximum Gasteiger partial charge on any atom is 0.134 e. The summed E-state index contributed by atoms with van der Waals surface area (Å²) in [5.41, 5.74) is 17.1. The SMILES string of the molecule is C#C/C(=C\C(=C/C)N1c2ccccc2C2=C(c3cc(C)ccc31)C1(C)C=CC=CC1N2c1cccc(-c2ccccn2)n1)c1cc(-c2ccccc2)cc(C2NC(c3ccccc3)=NC(c3ccccc3)N2C)c1. The number of hydrogen-bond donors (Lipinski definition) is 1. The fourth-order valence-electron chi connectivity index (χ4n) is 11.3. The average Bonchev–Trinajstić information content (AvgIpc) is 3.67. The number of aromatic nitrogens is 2. The number of aliphatic imine (C=N–C) groups is 1. The molecule has 12 rings (SSSR count). The molecule has 0 saturated heterocycles. The molecule has 1 aliphatic carbocycles. The van der Waals surface area contributed by atoms with Crippen LogP contribution in [0, 0.1) is 24.7 Å². The van der Waals surface area contributed by atoms with E-state index in [4.69, 9.17) is 21.4 Å². The Morgan fingerprint density at radius 2 is 1.41 bits per heavy atom. The van der Waals surface area contributed by atoms with E-state index >= 15 is 0 Å². The van der Waals surface area contributed by atoms with Crippen LogP contribution in [-0.4, -0.2) is 33.8 Å². The lowest BCUT2D eigenvalue weighted by molar-refractivity contribution is 0.152. The molecule has 8 aromatic rings. The third kappa shape index (κ3) is 8.06. The lowest BCUT2D eigenvalue weighted by Gasteiger charge is -2.39.